The molecule has 118 valence electrons. The lowest BCUT2D eigenvalue weighted by Gasteiger charge is -2.11. The number of carboxylic acid groups (broad SMARTS) is 1. The zero-order valence-corrected chi connectivity index (χ0v) is 14.2. The monoisotopic (exact) mass is 386 g/mol. The van der Waals surface area contributed by atoms with Gasteiger partial charge in [0.05, 0.1) is 21.8 Å². The number of carboxylic acids is 1. The van der Waals surface area contributed by atoms with E-state index in [0.29, 0.717) is 6.42 Å². The first-order valence-corrected chi connectivity index (χ1v) is 8.18. The number of fused-ring (bicyclic) bond motifs is 1. The van der Waals surface area contributed by atoms with E-state index in [0.717, 1.165) is 19.7 Å². The molecule has 1 aromatic heterocycles. The molecule has 0 saturated carbocycles. The first kappa shape index (κ1) is 16.9. The fraction of sp³-hybridized carbons (Fsp3) is 0.357. The van der Waals surface area contributed by atoms with Crippen LogP contribution in [0.4, 0.5) is 0 Å². The summed E-state index contributed by atoms with van der Waals surface area (Å²) in [5.74, 6) is -1.32. The number of amides is 1. The van der Waals surface area contributed by atoms with E-state index in [-0.39, 0.29) is 18.9 Å². The van der Waals surface area contributed by atoms with Crippen molar-refractivity contribution in [3.63, 3.8) is 0 Å². The second-order valence-electron chi connectivity index (χ2n) is 4.59. The van der Waals surface area contributed by atoms with Gasteiger partial charge in [0.15, 0.2) is 6.10 Å². The average molecular weight is 387 g/mol. The molecule has 6 nitrogen and oxygen atoms in total. The molecule has 1 heterocycles. The molecule has 1 aromatic carbocycles. The quantitative estimate of drug-likeness (QED) is 0.761. The zero-order valence-electron chi connectivity index (χ0n) is 11.8. The van der Waals surface area contributed by atoms with Gasteiger partial charge in [-0.25, -0.2) is 9.78 Å². The van der Waals surface area contributed by atoms with Crippen LogP contribution < -0.4 is 5.32 Å². The molecule has 2 rings (SSSR count). The van der Waals surface area contributed by atoms with Gasteiger partial charge < -0.3 is 15.2 Å². The normalized spacial score (nSPS) is 12.3. The third-order valence-electron chi connectivity index (χ3n) is 3.00. The number of halogens is 1. The highest BCUT2D eigenvalue weighted by atomic mass is 79.9. The number of methoxy groups -OCH3 is 1. The maximum Gasteiger partial charge on any atom is 0.334 e. The summed E-state index contributed by atoms with van der Waals surface area (Å²) in [7, 11) is 1.30. The summed E-state index contributed by atoms with van der Waals surface area (Å²) in [5, 5.41) is 12.2. The molecule has 1 amide bonds. The van der Waals surface area contributed by atoms with Crippen molar-refractivity contribution in [2.24, 2.45) is 0 Å². The summed E-state index contributed by atoms with van der Waals surface area (Å²) >= 11 is 4.95. The van der Waals surface area contributed by atoms with E-state index in [4.69, 9.17) is 9.84 Å². The number of aliphatic carboxylic acids is 1. The average Bonchev–Trinajstić information content (AvgIpc) is 2.87. The van der Waals surface area contributed by atoms with Crippen molar-refractivity contribution in [1.29, 1.82) is 0 Å². The molecule has 0 spiro atoms. The molecule has 1 atom stereocenters. The van der Waals surface area contributed by atoms with Crippen LogP contribution in [0.2, 0.25) is 0 Å². The second kappa shape index (κ2) is 7.66. The van der Waals surface area contributed by atoms with Crippen LogP contribution >= 0.6 is 27.3 Å². The van der Waals surface area contributed by atoms with Gasteiger partial charge >= 0.3 is 5.97 Å². The van der Waals surface area contributed by atoms with Gasteiger partial charge in [0, 0.05) is 24.4 Å². The minimum atomic E-state index is -1.10. The Morgan fingerprint density at radius 3 is 2.95 bits per heavy atom. The number of carbonyl (C=O) groups is 2. The largest absolute Gasteiger partial charge is 0.479 e. The van der Waals surface area contributed by atoms with Gasteiger partial charge in [-0.2, -0.15) is 0 Å². The van der Waals surface area contributed by atoms with Crippen LogP contribution in [0.5, 0.6) is 0 Å². The lowest BCUT2D eigenvalue weighted by molar-refractivity contribution is -0.148. The van der Waals surface area contributed by atoms with E-state index < -0.39 is 12.1 Å². The number of hydrogen-bond acceptors (Lipinski definition) is 5. The number of ether oxygens (including phenoxy) is 1. The summed E-state index contributed by atoms with van der Waals surface area (Å²) in [4.78, 5) is 27.0. The van der Waals surface area contributed by atoms with Crippen molar-refractivity contribution < 1.29 is 19.4 Å². The Bertz CT molecular complexity index is 689. The summed E-state index contributed by atoms with van der Waals surface area (Å²) in [6.07, 6.45) is -0.242. The molecular formula is C14H15BrN2O4S. The van der Waals surface area contributed by atoms with Crippen LogP contribution in [0, 0.1) is 0 Å². The van der Waals surface area contributed by atoms with Crippen LogP contribution in [0.25, 0.3) is 10.2 Å². The van der Waals surface area contributed by atoms with Crippen LogP contribution in [0.3, 0.4) is 0 Å². The molecule has 8 heteroatoms. The number of rotatable bonds is 7. The van der Waals surface area contributed by atoms with Gasteiger partial charge in [-0.3, -0.25) is 4.79 Å². The number of carbonyl (C=O) groups excluding carboxylic acids is 1. The molecule has 0 aliphatic carbocycles. The Kier molecular flexibility index (Phi) is 5.87. The van der Waals surface area contributed by atoms with E-state index in [2.05, 4.69) is 26.2 Å². The summed E-state index contributed by atoms with van der Waals surface area (Å²) in [5.41, 5.74) is 0.903. The van der Waals surface area contributed by atoms with Crippen molar-refractivity contribution in [3.8, 4) is 0 Å². The number of nitrogens with one attached hydrogen (secondary N) is 1. The number of benzene rings is 1. The summed E-state index contributed by atoms with van der Waals surface area (Å²) in [6, 6.07) is 5.87. The molecule has 0 saturated heterocycles. The molecule has 22 heavy (non-hydrogen) atoms. The first-order valence-electron chi connectivity index (χ1n) is 6.57. The Hall–Kier alpha value is -1.51. The van der Waals surface area contributed by atoms with Gasteiger partial charge in [0.25, 0.3) is 0 Å². The van der Waals surface area contributed by atoms with Gasteiger partial charge in [0.2, 0.25) is 5.91 Å². The Morgan fingerprint density at radius 1 is 1.50 bits per heavy atom. The van der Waals surface area contributed by atoms with Crippen molar-refractivity contribution in [1.82, 2.24) is 10.3 Å². The van der Waals surface area contributed by atoms with Crippen LogP contribution in [-0.2, 0) is 20.7 Å². The number of thiazole rings is 1. The second-order valence-corrected chi connectivity index (χ2v) is 6.62. The fourth-order valence-electron chi connectivity index (χ4n) is 1.84. The predicted octanol–water partition coefficient (Wildman–Crippen LogP) is 2.21. The maximum absolute atomic E-state index is 11.7. The van der Waals surface area contributed by atoms with E-state index in [1.165, 1.54) is 7.11 Å². The van der Waals surface area contributed by atoms with E-state index in [1.54, 1.807) is 11.3 Å². The molecule has 2 N–H and O–H groups in total. The number of hydrogen-bond donors (Lipinski definition) is 2. The molecular weight excluding hydrogens is 372 g/mol. The van der Waals surface area contributed by atoms with Gasteiger partial charge in [-0.05, 0) is 18.2 Å². The Labute approximate surface area is 139 Å². The third kappa shape index (κ3) is 4.49. The number of aromatic nitrogens is 1. The van der Waals surface area contributed by atoms with Gasteiger partial charge in [-0.15, -0.1) is 11.3 Å². The topological polar surface area (TPSA) is 88.5 Å². The van der Waals surface area contributed by atoms with Crippen molar-refractivity contribution >= 4 is 49.4 Å². The highest BCUT2D eigenvalue weighted by Crippen LogP contribution is 2.25. The smallest absolute Gasteiger partial charge is 0.334 e. The lowest BCUT2D eigenvalue weighted by atomic mass is 10.3. The Balaban J connectivity index is 1.86. The maximum atomic E-state index is 11.7. The summed E-state index contributed by atoms with van der Waals surface area (Å²) < 4.78 is 6.79. The van der Waals surface area contributed by atoms with Crippen molar-refractivity contribution in [2.45, 2.75) is 18.9 Å². The van der Waals surface area contributed by atoms with Crippen LogP contribution in [0.15, 0.2) is 22.7 Å². The lowest BCUT2D eigenvalue weighted by Crippen LogP contribution is -2.37. The molecule has 0 bridgehead atoms. The highest BCUT2D eigenvalue weighted by molar-refractivity contribution is 9.10. The molecule has 0 aliphatic heterocycles. The number of nitrogens with zero attached hydrogens (tertiary/aromatic N) is 1. The number of aryl methyl sites for hydroxylation is 1. The van der Waals surface area contributed by atoms with Crippen LogP contribution in [-0.4, -0.2) is 41.7 Å². The minimum Gasteiger partial charge on any atom is -0.479 e. The minimum absolute atomic E-state index is 0.0442. The molecule has 0 aliphatic rings. The molecule has 0 radical (unpaired) electrons. The SMILES string of the molecule is COC(CNC(=O)CCc1nc2cc(Br)ccc2s1)C(=O)O. The fourth-order valence-corrected chi connectivity index (χ4v) is 3.14. The first-order chi connectivity index (χ1) is 10.5. The Morgan fingerprint density at radius 2 is 2.27 bits per heavy atom. The van der Waals surface area contributed by atoms with Gasteiger partial charge in [-0.1, -0.05) is 15.9 Å². The van der Waals surface area contributed by atoms with E-state index in [1.807, 2.05) is 18.2 Å². The van der Waals surface area contributed by atoms with Crippen molar-refractivity contribution in [3.05, 3.63) is 27.7 Å². The zero-order chi connectivity index (χ0) is 16.1. The molecule has 0 fully saturated rings. The molecule has 1 unspecified atom stereocenters. The standard InChI is InChI=1S/C14H15BrN2O4S/c1-21-10(14(19)20)7-16-12(18)4-5-13-17-9-6-8(15)2-3-11(9)22-13/h2-3,6,10H,4-5,7H2,1H3,(H,16,18)(H,19,20). The third-order valence-corrected chi connectivity index (χ3v) is 4.59. The van der Waals surface area contributed by atoms with E-state index >= 15 is 0 Å². The van der Waals surface area contributed by atoms with Crippen LogP contribution in [0.1, 0.15) is 11.4 Å². The predicted molar refractivity (Wildman–Crippen MR) is 87.1 cm³/mol. The molecule has 2 aromatic rings. The van der Waals surface area contributed by atoms with Gasteiger partial charge in [0.1, 0.15) is 0 Å². The highest BCUT2D eigenvalue weighted by Gasteiger charge is 2.17. The van der Waals surface area contributed by atoms with E-state index in [9.17, 15) is 9.59 Å². The van der Waals surface area contributed by atoms with Crippen molar-refractivity contribution in [2.75, 3.05) is 13.7 Å². The summed E-state index contributed by atoms with van der Waals surface area (Å²) in [6.45, 7) is -0.0442.